The number of rotatable bonds is 3. The van der Waals surface area contributed by atoms with E-state index in [4.69, 9.17) is 0 Å². The molecule has 0 radical (unpaired) electrons. The first-order valence-electron chi connectivity index (χ1n) is 8.03. The lowest BCUT2D eigenvalue weighted by Gasteiger charge is -2.40. The number of carbonyl (C=O) groups excluding carboxylic acids is 1. The summed E-state index contributed by atoms with van der Waals surface area (Å²) in [4.78, 5) is 21.1. The molecule has 0 spiro atoms. The van der Waals surface area contributed by atoms with Crippen LogP contribution >= 0.6 is 11.5 Å². The van der Waals surface area contributed by atoms with Gasteiger partial charge in [-0.3, -0.25) is 4.79 Å². The Kier molecular flexibility index (Phi) is 4.42. The van der Waals surface area contributed by atoms with Gasteiger partial charge in [-0.1, -0.05) is 13.8 Å². The molecule has 0 aliphatic carbocycles. The van der Waals surface area contributed by atoms with Crippen molar-refractivity contribution in [1.82, 2.24) is 14.3 Å². The number of hydrogen-bond acceptors (Lipinski definition) is 5. The van der Waals surface area contributed by atoms with E-state index in [-0.39, 0.29) is 0 Å². The Labute approximate surface area is 130 Å². The fraction of sp³-hybridized carbons (Fsp3) is 0.800. The van der Waals surface area contributed by atoms with Gasteiger partial charge in [0.2, 0.25) is 11.0 Å². The molecule has 6 heteroatoms. The minimum Gasteiger partial charge on any atom is -0.347 e. The maximum absolute atomic E-state index is 12.0. The van der Waals surface area contributed by atoms with Crippen LogP contribution in [0, 0.1) is 0 Å². The molecular weight excluding hydrogens is 284 g/mol. The molecule has 1 aromatic rings. The normalized spacial score (nSPS) is 21.4. The highest BCUT2D eigenvalue weighted by atomic mass is 32.1. The van der Waals surface area contributed by atoms with E-state index in [1.54, 1.807) is 0 Å². The van der Waals surface area contributed by atoms with Crippen LogP contribution < -0.4 is 4.90 Å². The Bertz CT molecular complexity index is 494. The molecule has 3 rings (SSSR count). The average molecular weight is 308 g/mol. The standard InChI is InChI=1S/C15H24N4OS/c1-11(2)14-16-15(21-17-14)18-9-6-12(7-10-18)19-8-4-3-5-13(19)20/h11-12H,3-10H2,1-2H3. The summed E-state index contributed by atoms with van der Waals surface area (Å²) >= 11 is 1.51. The molecule has 0 atom stereocenters. The smallest absolute Gasteiger partial charge is 0.222 e. The monoisotopic (exact) mass is 308 g/mol. The van der Waals surface area contributed by atoms with Crippen LogP contribution in [0.1, 0.15) is 57.7 Å². The van der Waals surface area contributed by atoms with Crippen molar-refractivity contribution in [3.63, 3.8) is 0 Å². The second kappa shape index (κ2) is 6.30. The largest absolute Gasteiger partial charge is 0.347 e. The van der Waals surface area contributed by atoms with E-state index in [2.05, 4.69) is 33.0 Å². The molecule has 2 saturated heterocycles. The molecule has 0 N–H and O–H groups in total. The SMILES string of the molecule is CC(C)c1nsc(N2CCC(N3CCCCC3=O)CC2)n1. The fourth-order valence-corrected chi connectivity index (χ4v) is 4.03. The summed E-state index contributed by atoms with van der Waals surface area (Å²) in [6.45, 7) is 7.18. The summed E-state index contributed by atoms with van der Waals surface area (Å²) in [5, 5.41) is 1.04. The Morgan fingerprint density at radius 1 is 1.19 bits per heavy atom. The highest BCUT2D eigenvalue weighted by molar-refractivity contribution is 7.09. The van der Waals surface area contributed by atoms with E-state index in [0.29, 0.717) is 17.9 Å². The van der Waals surface area contributed by atoms with Gasteiger partial charge in [0, 0.05) is 49.5 Å². The molecule has 3 heterocycles. The Morgan fingerprint density at radius 2 is 1.95 bits per heavy atom. The molecular formula is C15H24N4OS. The minimum absolute atomic E-state index is 0.359. The lowest BCUT2D eigenvalue weighted by atomic mass is 10.00. The maximum atomic E-state index is 12.0. The van der Waals surface area contributed by atoms with Crippen LogP contribution in [-0.2, 0) is 4.79 Å². The van der Waals surface area contributed by atoms with Crippen molar-refractivity contribution in [2.75, 3.05) is 24.5 Å². The van der Waals surface area contributed by atoms with Gasteiger partial charge in [-0.25, -0.2) is 4.98 Å². The van der Waals surface area contributed by atoms with E-state index in [1.807, 2.05) is 0 Å². The third kappa shape index (κ3) is 3.20. The van der Waals surface area contributed by atoms with E-state index in [1.165, 1.54) is 18.0 Å². The van der Waals surface area contributed by atoms with Crippen molar-refractivity contribution in [1.29, 1.82) is 0 Å². The van der Waals surface area contributed by atoms with Crippen molar-refractivity contribution in [3.8, 4) is 0 Å². The molecule has 21 heavy (non-hydrogen) atoms. The van der Waals surface area contributed by atoms with Gasteiger partial charge in [0.1, 0.15) is 5.82 Å². The van der Waals surface area contributed by atoms with E-state index < -0.39 is 0 Å². The third-order valence-electron chi connectivity index (χ3n) is 4.48. The molecule has 0 saturated carbocycles. The third-order valence-corrected chi connectivity index (χ3v) is 5.27. The van der Waals surface area contributed by atoms with Crippen LogP contribution in [0.2, 0.25) is 0 Å². The van der Waals surface area contributed by atoms with Crippen LogP contribution in [0.3, 0.4) is 0 Å². The molecule has 2 aliphatic heterocycles. The highest BCUT2D eigenvalue weighted by Gasteiger charge is 2.30. The predicted octanol–water partition coefficient (Wildman–Crippen LogP) is 2.64. The van der Waals surface area contributed by atoms with Crippen LogP contribution in [0.5, 0.6) is 0 Å². The van der Waals surface area contributed by atoms with Crippen molar-refractivity contribution in [2.45, 2.75) is 57.9 Å². The molecule has 5 nitrogen and oxygen atoms in total. The number of anilines is 1. The number of aromatic nitrogens is 2. The van der Waals surface area contributed by atoms with Crippen LogP contribution in [0.25, 0.3) is 0 Å². The fourth-order valence-electron chi connectivity index (χ4n) is 3.17. The summed E-state index contributed by atoms with van der Waals surface area (Å²) in [5.41, 5.74) is 0. The van der Waals surface area contributed by atoms with Gasteiger partial charge in [0.05, 0.1) is 0 Å². The van der Waals surface area contributed by atoms with E-state index in [0.717, 1.165) is 56.3 Å². The van der Waals surface area contributed by atoms with E-state index >= 15 is 0 Å². The van der Waals surface area contributed by atoms with Gasteiger partial charge in [-0.05, 0) is 25.7 Å². The number of nitrogens with zero attached hydrogens (tertiary/aromatic N) is 4. The average Bonchev–Trinajstić information content (AvgIpc) is 2.98. The van der Waals surface area contributed by atoms with E-state index in [9.17, 15) is 4.79 Å². The van der Waals surface area contributed by atoms with Gasteiger partial charge >= 0.3 is 0 Å². The van der Waals surface area contributed by atoms with Gasteiger partial charge in [0.25, 0.3) is 0 Å². The Hall–Kier alpha value is -1.17. The number of piperidine rings is 2. The molecule has 0 aromatic carbocycles. The van der Waals surface area contributed by atoms with Crippen LogP contribution in [0.15, 0.2) is 0 Å². The summed E-state index contributed by atoms with van der Waals surface area (Å²) in [5.74, 6) is 1.69. The summed E-state index contributed by atoms with van der Waals surface area (Å²) < 4.78 is 4.44. The second-order valence-corrected chi connectivity index (χ2v) is 7.08. The van der Waals surface area contributed by atoms with Gasteiger partial charge in [0.15, 0.2) is 0 Å². The minimum atomic E-state index is 0.359. The first-order valence-corrected chi connectivity index (χ1v) is 8.80. The highest BCUT2D eigenvalue weighted by Crippen LogP contribution is 2.27. The number of carbonyl (C=O) groups is 1. The Balaban J connectivity index is 1.58. The zero-order chi connectivity index (χ0) is 14.8. The van der Waals surface area contributed by atoms with Gasteiger partial charge in [-0.2, -0.15) is 4.37 Å². The topological polar surface area (TPSA) is 49.3 Å². The van der Waals surface area contributed by atoms with Crippen molar-refractivity contribution >= 4 is 22.6 Å². The quantitative estimate of drug-likeness (QED) is 0.861. The molecule has 0 unspecified atom stereocenters. The van der Waals surface area contributed by atoms with Crippen molar-refractivity contribution in [3.05, 3.63) is 5.82 Å². The number of amides is 1. The maximum Gasteiger partial charge on any atom is 0.222 e. The second-order valence-electron chi connectivity index (χ2n) is 6.35. The van der Waals surface area contributed by atoms with Gasteiger partial charge in [-0.15, -0.1) is 0 Å². The van der Waals surface area contributed by atoms with Crippen molar-refractivity contribution in [2.24, 2.45) is 0 Å². The number of hydrogen-bond donors (Lipinski definition) is 0. The lowest BCUT2D eigenvalue weighted by Crippen LogP contribution is -2.49. The molecule has 2 aliphatic rings. The first-order chi connectivity index (χ1) is 10.1. The summed E-state index contributed by atoms with van der Waals surface area (Å²) in [6.07, 6.45) is 5.09. The zero-order valence-corrected chi connectivity index (χ0v) is 13.7. The molecule has 1 amide bonds. The van der Waals surface area contributed by atoms with Crippen LogP contribution in [0.4, 0.5) is 5.13 Å². The van der Waals surface area contributed by atoms with Gasteiger partial charge < -0.3 is 9.80 Å². The molecule has 1 aromatic heterocycles. The predicted molar refractivity (Wildman–Crippen MR) is 84.8 cm³/mol. The Morgan fingerprint density at radius 3 is 2.57 bits per heavy atom. The molecule has 2 fully saturated rings. The molecule has 0 bridgehead atoms. The van der Waals surface area contributed by atoms with Crippen molar-refractivity contribution < 1.29 is 4.79 Å². The summed E-state index contributed by atoms with van der Waals surface area (Å²) in [6, 6.07) is 0.437. The zero-order valence-electron chi connectivity index (χ0n) is 12.9. The lowest BCUT2D eigenvalue weighted by molar-refractivity contribution is -0.136. The molecule has 116 valence electrons. The number of likely N-dealkylation sites (tertiary alicyclic amines) is 1. The van der Waals surface area contributed by atoms with Crippen LogP contribution in [-0.4, -0.2) is 45.8 Å². The first kappa shape index (κ1) is 14.8. The summed E-state index contributed by atoms with van der Waals surface area (Å²) in [7, 11) is 0.